The van der Waals surface area contributed by atoms with Crippen LogP contribution in [-0.4, -0.2) is 19.7 Å². The molecule has 2 heterocycles. The summed E-state index contributed by atoms with van der Waals surface area (Å²) in [5, 5.41) is 10.8. The van der Waals surface area contributed by atoms with E-state index in [2.05, 4.69) is 25.7 Å². The largest absolute Gasteiger partial charge is 0.399 e. The number of nitrogens with two attached hydrogens (primary N) is 1. The van der Waals surface area contributed by atoms with E-state index in [0.29, 0.717) is 28.2 Å². The number of halogens is 2. The minimum absolute atomic E-state index is 0.303. The number of nitrogen functional groups attached to an aromatic ring is 1. The summed E-state index contributed by atoms with van der Waals surface area (Å²) in [6.45, 7) is 0. The third-order valence-corrected chi connectivity index (χ3v) is 4.10. The molecule has 0 atom stereocenters. The number of rotatable bonds is 5. The van der Waals surface area contributed by atoms with Crippen LogP contribution in [-0.2, 0) is 0 Å². The lowest BCUT2D eigenvalue weighted by atomic mass is 10.3. The molecule has 4 N–H and O–H groups in total. The minimum Gasteiger partial charge on any atom is -0.399 e. The van der Waals surface area contributed by atoms with Gasteiger partial charge in [-0.2, -0.15) is 10.1 Å². The van der Waals surface area contributed by atoms with E-state index in [4.69, 9.17) is 17.3 Å². The van der Waals surface area contributed by atoms with Crippen molar-refractivity contribution in [1.82, 2.24) is 19.7 Å². The molecule has 0 aliphatic carbocycles. The van der Waals surface area contributed by atoms with E-state index in [1.807, 2.05) is 12.1 Å². The van der Waals surface area contributed by atoms with Crippen LogP contribution >= 0.6 is 11.6 Å². The first-order chi connectivity index (χ1) is 13.6. The average molecular weight is 396 g/mol. The van der Waals surface area contributed by atoms with Crippen molar-refractivity contribution in [1.29, 1.82) is 0 Å². The van der Waals surface area contributed by atoms with Gasteiger partial charge in [-0.05, 0) is 42.5 Å². The zero-order valence-electron chi connectivity index (χ0n) is 14.5. The summed E-state index contributed by atoms with van der Waals surface area (Å²) in [6, 6.07) is 13.3. The second kappa shape index (κ2) is 7.53. The molecule has 0 radical (unpaired) electrons. The van der Waals surface area contributed by atoms with E-state index >= 15 is 0 Å². The topological polar surface area (TPSA) is 93.7 Å². The van der Waals surface area contributed by atoms with Crippen molar-refractivity contribution >= 4 is 40.4 Å². The van der Waals surface area contributed by atoms with Gasteiger partial charge >= 0.3 is 0 Å². The molecule has 0 aliphatic heterocycles. The van der Waals surface area contributed by atoms with Crippen LogP contribution < -0.4 is 16.4 Å². The molecule has 2 aromatic carbocycles. The summed E-state index contributed by atoms with van der Waals surface area (Å²) in [7, 11) is 0. The highest BCUT2D eigenvalue weighted by Crippen LogP contribution is 2.25. The molecule has 0 unspecified atom stereocenters. The number of nitrogens with zero attached hydrogens (tertiary/aromatic N) is 4. The molecule has 0 aliphatic rings. The molecule has 0 saturated heterocycles. The first-order valence-corrected chi connectivity index (χ1v) is 8.67. The fourth-order valence-electron chi connectivity index (χ4n) is 2.52. The zero-order chi connectivity index (χ0) is 19.5. The number of hydrogen-bond donors (Lipinski definition) is 3. The van der Waals surface area contributed by atoms with Crippen LogP contribution in [0.1, 0.15) is 0 Å². The Bertz CT molecular complexity index is 1110. The van der Waals surface area contributed by atoms with E-state index in [9.17, 15) is 4.39 Å². The van der Waals surface area contributed by atoms with Gasteiger partial charge in [0.1, 0.15) is 10.8 Å². The van der Waals surface area contributed by atoms with Gasteiger partial charge < -0.3 is 16.4 Å². The minimum atomic E-state index is -0.303. The predicted molar refractivity (Wildman–Crippen MR) is 108 cm³/mol. The van der Waals surface area contributed by atoms with Crippen LogP contribution in [0.25, 0.3) is 5.69 Å². The number of aromatic nitrogens is 4. The van der Waals surface area contributed by atoms with Crippen molar-refractivity contribution in [2.75, 3.05) is 16.4 Å². The Morgan fingerprint density at radius 1 is 1.00 bits per heavy atom. The van der Waals surface area contributed by atoms with Crippen LogP contribution in [0.5, 0.6) is 0 Å². The molecule has 28 heavy (non-hydrogen) atoms. The smallest absolute Gasteiger partial charge is 0.229 e. The Morgan fingerprint density at radius 2 is 1.82 bits per heavy atom. The van der Waals surface area contributed by atoms with Crippen molar-refractivity contribution < 1.29 is 4.39 Å². The van der Waals surface area contributed by atoms with Gasteiger partial charge in [0.2, 0.25) is 5.95 Å². The number of anilines is 5. The second-order valence-electron chi connectivity index (χ2n) is 5.92. The third-order valence-electron chi connectivity index (χ3n) is 3.82. The lowest BCUT2D eigenvalue weighted by Gasteiger charge is -2.09. The number of nitrogens with one attached hydrogen (secondary N) is 2. The standard InChI is InChI=1S/C19H15ClFN7/c20-17-10-23-19(26-14-3-1-2-13(22)8-14)27-18(17)25-15-9-24-28(11-15)16-6-4-12(21)5-7-16/h1-11H,22H2,(H2,23,25,26,27). The maximum atomic E-state index is 13.1. The van der Waals surface area contributed by atoms with Crippen LogP contribution in [0.3, 0.4) is 0 Å². The lowest BCUT2D eigenvalue weighted by Crippen LogP contribution is -2.01. The van der Waals surface area contributed by atoms with E-state index in [1.54, 1.807) is 41.3 Å². The van der Waals surface area contributed by atoms with Crippen molar-refractivity contribution in [3.63, 3.8) is 0 Å². The van der Waals surface area contributed by atoms with Crippen molar-refractivity contribution in [3.05, 3.63) is 78.0 Å². The maximum Gasteiger partial charge on any atom is 0.229 e. The van der Waals surface area contributed by atoms with Crippen LogP contribution in [0.4, 0.5) is 33.2 Å². The molecule has 2 aromatic heterocycles. The third kappa shape index (κ3) is 4.02. The van der Waals surface area contributed by atoms with Crippen LogP contribution in [0.2, 0.25) is 5.02 Å². The van der Waals surface area contributed by atoms with E-state index < -0.39 is 0 Å². The first-order valence-electron chi connectivity index (χ1n) is 8.29. The van der Waals surface area contributed by atoms with Crippen molar-refractivity contribution in [3.8, 4) is 5.69 Å². The van der Waals surface area contributed by atoms with Crippen LogP contribution in [0, 0.1) is 5.82 Å². The van der Waals surface area contributed by atoms with Gasteiger partial charge in [0.05, 0.1) is 30.0 Å². The molecule has 4 aromatic rings. The summed E-state index contributed by atoms with van der Waals surface area (Å²) in [6.07, 6.45) is 4.86. The molecule has 0 spiro atoms. The summed E-state index contributed by atoms with van der Waals surface area (Å²) in [4.78, 5) is 8.57. The predicted octanol–water partition coefficient (Wildman–Crippen LogP) is 4.52. The number of hydrogen-bond acceptors (Lipinski definition) is 6. The second-order valence-corrected chi connectivity index (χ2v) is 6.32. The average Bonchev–Trinajstić information content (AvgIpc) is 3.14. The summed E-state index contributed by atoms with van der Waals surface area (Å²) >= 11 is 6.21. The fraction of sp³-hybridized carbons (Fsp3) is 0. The van der Waals surface area contributed by atoms with Gasteiger partial charge in [-0.3, -0.25) is 0 Å². The highest BCUT2D eigenvalue weighted by Gasteiger charge is 2.09. The molecule has 4 rings (SSSR count). The quantitative estimate of drug-likeness (QED) is 0.430. The Hall–Kier alpha value is -3.65. The molecule has 7 nitrogen and oxygen atoms in total. The normalized spacial score (nSPS) is 10.6. The Labute approximate surface area is 165 Å². The van der Waals surface area contributed by atoms with Crippen LogP contribution in [0.15, 0.2) is 67.1 Å². The van der Waals surface area contributed by atoms with E-state index in [-0.39, 0.29) is 5.82 Å². The van der Waals surface area contributed by atoms with Gasteiger partial charge in [-0.15, -0.1) is 0 Å². The van der Waals surface area contributed by atoms with E-state index in [1.165, 1.54) is 18.3 Å². The van der Waals surface area contributed by atoms with Gasteiger partial charge in [0, 0.05) is 11.4 Å². The van der Waals surface area contributed by atoms with Gasteiger partial charge in [0.25, 0.3) is 0 Å². The van der Waals surface area contributed by atoms with Crippen molar-refractivity contribution in [2.24, 2.45) is 0 Å². The monoisotopic (exact) mass is 395 g/mol. The zero-order valence-corrected chi connectivity index (χ0v) is 15.2. The van der Waals surface area contributed by atoms with E-state index in [0.717, 1.165) is 11.4 Å². The summed E-state index contributed by atoms with van der Waals surface area (Å²) in [5.41, 5.74) is 8.57. The molecule has 0 amide bonds. The van der Waals surface area contributed by atoms with Gasteiger partial charge in [-0.25, -0.2) is 14.1 Å². The SMILES string of the molecule is Nc1cccc(Nc2ncc(Cl)c(Nc3cnn(-c4ccc(F)cc4)c3)n2)c1. The summed E-state index contributed by atoms with van der Waals surface area (Å²) in [5.74, 6) is 0.479. The summed E-state index contributed by atoms with van der Waals surface area (Å²) < 4.78 is 14.7. The molecule has 0 bridgehead atoms. The number of benzene rings is 2. The van der Waals surface area contributed by atoms with Gasteiger partial charge in [-0.1, -0.05) is 17.7 Å². The highest BCUT2D eigenvalue weighted by molar-refractivity contribution is 6.32. The first kappa shape index (κ1) is 17.7. The molecule has 140 valence electrons. The van der Waals surface area contributed by atoms with Crippen molar-refractivity contribution in [2.45, 2.75) is 0 Å². The Kier molecular flexibility index (Phi) is 4.77. The fourth-order valence-corrected chi connectivity index (χ4v) is 2.66. The van der Waals surface area contributed by atoms with Gasteiger partial charge in [0.15, 0.2) is 5.82 Å². The lowest BCUT2D eigenvalue weighted by molar-refractivity contribution is 0.627. The Morgan fingerprint density at radius 3 is 2.61 bits per heavy atom. The molecular formula is C19H15ClFN7. The Balaban J connectivity index is 1.54. The molecular weight excluding hydrogens is 381 g/mol. The molecule has 9 heteroatoms. The molecule has 0 fully saturated rings. The highest BCUT2D eigenvalue weighted by atomic mass is 35.5. The maximum absolute atomic E-state index is 13.1. The molecule has 0 saturated carbocycles.